The SMILES string of the molecule is Cc1cc(O)cc(C)c1CC(N)C(=O)NC1CCS(=O)(=O)c2ccc(Cc3ccccc3)cc21. The Kier molecular flexibility index (Phi) is 6.77. The number of nitrogens with two attached hydrogens (primary N) is 1. The molecular formula is C27H30N2O4S. The molecule has 4 rings (SSSR count). The lowest BCUT2D eigenvalue weighted by molar-refractivity contribution is -0.123. The molecule has 2 atom stereocenters. The number of phenolic OH excluding ortho intramolecular Hbond substituents is 1. The van der Waals surface area contributed by atoms with Gasteiger partial charge >= 0.3 is 0 Å². The number of carbonyl (C=O) groups is 1. The number of nitrogens with one attached hydrogen (secondary N) is 1. The number of benzene rings is 3. The molecule has 6 nitrogen and oxygen atoms in total. The van der Waals surface area contributed by atoms with Gasteiger partial charge in [-0.1, -0.05) is 42.5 Å². The van der Waals surface area contributed by atoms with E-state index in [0.29, 0.717) is 24.8 Å². The molecule has 3 aromatic carbocycles. The largest absolute Gasteiger partial charge is 0.508 e. The Morgan fingerprint density at radius 3 is 2.41 bits per heavy atom. The van der Waals surface area contributed by atoms with E-state index < -0.39 is 21.9 Å². The number of carbonyl (C=O) groups excluding carboxylic acids is 1. The number of amides is 1. The fraction of sp³-hybridized carbons (Fsp3) is 0.296. The summed E-state index contributed by atoms with van der Waals surface area (Å²) < 4.78 is 25.4. The van der Waals surface area contributed by atoms with Crippen molar-refractivity contribution < 1.29 is 18.3 Å². The highest BCUT2D eigenvalue weighted by atomic mass is 32.2. The summed E-state index contributed by atoms with van der Waals surface area (Å²) in [5.74, 6) is -0.160. The highest BCUT2D eigenvalue weighted by Crippen LogP contribution is 2.33. The summed E-state index contributed by atoms with van der Waals surface area (Å²) in [5, 5.41) is 12.8. The van der Waals surface area contributed by atoms with Crippen LogP contribution in [0.1, 0.15) is 45.8 Å². The van der Waals surface area contributed by atoms with E-state index in [-0.39, 0.29) is 22.3 Å². The van der Waals surface area contributed by atoms with E-state index in [1.165, 1.54) is 0 Å². The van der Waals surface area contributed by atoms with Crippen molar-refractivity contribution in [2.24, 2.45) is 5.73 Å². The van der Waals surface area contributed by atoms with E-state index in [1.54, 1.807) is 18.2 Å². The average molecular weight is 479 g/mol. The first-order chi connectivity index (χ1) is 16.1. The monoisotopic (exact) mass is 478 g/mol. The smallest absolute Gasteiger partial charge is 0.237 e. The average Bonchev–Trinajstić information content (AvgIpc) is 2.78. The van der Waals surface area contributed by atoms with Gasteiger partial charge in [-0.25, -0.2) is 8.42 Å². The van der Waals surface area contributed by atoms with Crippen LogP contribution in [-0.2, 0) is 27.5 Å². The molecule has 7 heteroatoms. The van der Waals surface area contributed by atoms with Crippen molar-refractivity contribution in [3.05, 3.63) is 94.0 Å². The third-order valence-electron chi connectivity index (χ3n) is 6.47. The second-order valence-electron chi connectivity index (χ2n) is 9.07. The Morgan fingerprint density at radius 1 is 1.06 bits per heavy atom. The zero-order valence-corrected chi connectivity index (χ0v) is 20.2. The normalized spacial score (nSPS) is 17.6. The van der Waals surface area contributed by atoms with Crippen LogP contribution in [0.25, 0.3) is 0 Å². The van der Waals surface area contributed by atoms with Crippen molar-refractivity contribution in [1.82, 2.24) is 5.32 Å². The van der Waals surface area contributed by atoms with Crippen molar-refractivity contribution in [2.75, 3.05) is 5.75 Å². The number of phenols is 1. The first-order valence-corrected chi connectivity index (χ1v) is 13.0. The van der Waals surface area contributed by atoms with Crippen LogP contribution in [0, 0.1) is 13.8 Å². The minimum atomic E-state index is -3.39. The number of hydrogen-bond acceptors (Lipinski definition) is 5. The van der Waals surface area contributed by atoms with E-state index in [0.717, 1.165) is 27.8 Å². The van der Waals surface area contributed by atoms with Crippen LogP contribution in [-0.4, -0.2) is 31.2 Å². The predicted octanol–water partition coefficient (Wildman–Crippen LogP) is 3.50. The molecule has 3 aromatic rings. The molecule has 1 heterocycles. The summed E-state index contributed by atoms with van der Waals surface area (Å²) in [6.07, 6.45) is 1.31. The maximum atomic E-state index is 13.0. The van der Waals surface area contributed by atoms with Crippen LogP contribution in [0.5, 0.6) is 5.75 Å². The Bertz CT molecular complexity index is 1300. The van der Waals surface area contributed by atoms with E-state index in [1.807, 2.05) is 56.3 Å². The standard InChI is InChI=1S/C27H30N2O4S/c1-17-12-21(30)13-18(2)22(17)16-24(28)27(31)29-25-10-11-34(32,33)26-9-8-20(15-23(25)26)14-19-6-4-3-5-7-19/h3-9,12-13,15,24-25,30H,10-11,14,16,28H2,1-2H3,(H,29,31). The van der Waals surface area contributed by atoms with E-state index in [4.69, 9.17) is 5.73 Å². The van der Waals surface area contributed by atoms with Gasteiger partial charge in [0.15, 0.2) is 9.84 Å². The molecule has 2 unspecified atom stereocenters. The predicted molar refractivity (Wildman–Crippen MR) is 133 cm³/mol. The maximum absolute atomic E-state index is 13.0. The van der Waals surface area contributed by atoms with Crippen LogP contribution < -0.4 is 11.1 Å². The number of fused-ring (bicyclic) bond motifs is 1. The molecule has 0 bridgehead atoms. The summed E-state index contributed by atoms with van der Waals surface area (Å²) in [6.45, 7) is 3.76. The molecule has 4 N–H and O–H groups in total. The molecule has 0 aromatic heterocycles. The highest BCUT2D eigenvalue weighted by Gasteiger charge is 2.32. The molecular weight excluding hydrogens is 448 g/mol. The summed E-state index contributed by atoms with van der Waals surface area (Å²) in [6, 6.07) is 17.4. The number of rotatable bonds is 6. The number of hydrogen-bond donors (Lipinski definition) is 3. The van der Waals surface area contributed by atoms with Gasteiger partial charge in [0.2, 0.25) is 5.91 Å². The zero-order valence-electron chi connectivity index (χ0n) is 19.4. The number of aromatic hydroxyl groups is 1. The minimum absolute atomic E-state index is 0.0194. The van der Waals surface area contributed by atoms with Crippen molar-refractivity contribution in [3.8, 4) is 5.75 Å². The Labute approximate surface area is 200 Å². The van der Waals surface area contributed by atoms with Gasteiger partial charge in [-0.2, -0.15) is 0 Å². The van der Waals surface area contributed by atoms with Gasteiger partial charge in [-0.15, -0.1) is 0 Å². The number of sulfone groups is 1. The Morgan fingerprint density at radius 2 is 1.74 bits per heavy atom. The van der Waals surface area contributed by atoms with E-state index >= 15 is 0 Å². The fourth-order valence-corrected chi connectivity index (χ4v) is 6.27. The maximum Gasteiger partial charge on any atom is 0.237 e. The van der Waals surface area contributed by atoms with Crippen LogP contribution in [0.15, 0.2) is 65.6 Å². The summed E-state index contributed by atoms with van der Waals surface area (Å²) in [4.78, 5) is 13.3. The van der Waals surface area contributed by atoms with Crippen molar-refractivity contribution >= 4 is 15.7 Å². The van der Waals surface area contributed by atoms with Crippen molar-refractivity contribution in [2.45, 2.75) is 50.1 Å². The van der Waals surface area contributed by atoms with Gasteiger partial charge in [0.1, 0.15) is 5.75 Å². The summed E-state index contributed by atoms with van der Waals surface area (Å²) in [7, 11) is -3.39. The molecule has 34 heavy (non-hydrogen) atoms. The summed E-state index contributed by atoms with van der Waals surface area (Å²) >= 11 is 0. The first kappa shape index (κ1) is 24.0. The molecule has 0 saturated carbocycles. The van der Waals surface area contributed by atoms with Crippen LogP contribution in [0.2, 0.25) is 0 Å². The molecule has 1 aliphatic heterocycles. The second-order valence-corrected chi connectivity index (χ2v) is 11.1. The van der Waals surface area contributed by atoms with E-state index in [2.05, 4.69) is 5.32 Å². The summed E-state index contributed by atoms with van der Waals surface area (Å²) in [5.41, 5.74) is 11.7. The second kappa shape index (κ2) is 9.60. The third kappa shape index (κ3) is 5.16. The minimum Gasteiger partial charge on any atom is -0.508 e. The van der Waals surface area contributed by atoms with Crippen LogP contribution >= 0.6 is 0 Å². The van der Waals surface area contributed by atoms with Crippen molar-refractivity contribution in [3.63, 3.8) is 0 Å². The molecule has 0 saturated heterocycles. The molecule has 0 fully saturated rings. The molecule has 0 spiro atoms. The quantitative estimate of drug-likeness (QED) is 0.502. The molecule has 178 valence electrons. The molecule has 0 aliphatic carbocycles. The van der Waals surface area contributed by atoms with Gasteiger partial charge in [0.05, 0.1) is 22.7 Å². The molecule has 1 aliphatic rings. The lowest BCUT2D eigenvalue weighted by Gasteiger charge is -2.28. The van der Waals surface area contributed by atoms with Gasteiger partial charge < -0.3 is 16.2 Å². The lowest BCUT2D eigenvalue weighted by atomic mass is 9.95. The topological polar surface area (TPSA) is 109 Å². The van der Waals surface area contributed by atoms with Gasteiger partial charge in [-0.3, -0.25) is 4.79 Å². The molecule has 1 amide bonds. The third-order valence-corrected chi connectivity index (χ3v) is 8.28. The zero-order chi connectivity index (χ0) is 24.5. The molecule has 0 radical (unpaired) electrons. The van der Waals surface area contributed by atoms with Gasteiger partial charge in [-0.05, 0) is 84.7 Å². The highest BCUT2D eigenvalue weighted by molar-refractivity contribution is 7.91. The van der Waals surface area contributed by atoms with Gasteiger partial charge in [0.25, 0.3) is 0 Å². The van der Waals surface area contributed by atoms with Crippen molar-refractivity contribution in [1.29, 1.82) is 0 Å². The first-order valence-electron chi connectivity index (χ1n) is 11.4. The Hall–Kier alpha value is -3.16. The number of aryl methyl sites for hydroxylation is 2. The van der Waals surface area contributed by atoms with E-state index in [9.17, 15) is 18.3 Å². The fourth-order valence-electron chi connectivity index (χ4n) is 4.67. The lowest BCUT2D eigenvalue weighted by Crippen LogP contribution is -2.45. The van der Waals surface area contributed by atoms with Gasteiger partial charge in [0, 0.05) is 0 Å². The van der Waals surface area contributed by atoms with Crippen LogP contribution in [0.4, 0.5) is 0 Å². The van der Waals surface area contributed by atoms with Crippen LogP contribution in [0.3, 0.4) is 0 Å². The Balaban J connectivity index is 1.55.